The first-order valence-electron chi connectivity index (χ1n) is 10.6. The highest BCUT2D eigenvalue weighted by Crippen LogP contribution is 2.34. The molecule has 0 atom stereocenters. The number of carbonyl (C=O) groups excluding carboxylic acids is 1. The summed E-state index contributed by atoms with van der Waals surface area (Å²) in [6, 6.07) is 19.8. The van der Waals surface area contributed by atoms with Crippen LogP contribution in [0.4, 0.5) is 5.13 Å². The maximum atomic E-state index is 13.2. The Morgan fingerprint density at radius 2 is 1.78 bits per heavy atom. The molecule has 32 heavy (non-hydrogen) atoms. The van der Waals surface area contributed by atoms with Crippen molar-refractivity contribution in [2.45, 2.75) is 6.92 Å². The average Bonchev–Trinajstić information content (AvgIpc) is 3.22. The first-order valence-corrected chi connectivity index (χ1v) is 11.5. The highest BCUT2D eigenvalue weighted by molar-refractivity contribution is 7.22. The van der Waals surface area contributed by atoms with Gasteiger partial charge in [-0.3, -0.25) is 9.69 Å². The summed E-state index contributed by atoms with van der Waals surface area (Å²) in [7, 11) is 3.97. The lowest BCUT2D eigenvalue weighted by atomic mass is 10.1. The van der Waals surface area contributed by atoms with Gasteiger partial charge in [-0.05, 0) is 56.1 Å². The first-order chi connectivity index (χ1) is 15.5. The van der Waals surface area contributed by atoms with E-state index in [1.165, 1.54) is 11.3 Å². The number of para-hydroxylation sites is 1. The minimum absolute atomic E-state index is 0.0555. The third-order valence-corrected chi connectivity index (χ3v) is 6.10. The number of likely N-dealkylation sites (N-methyl/N-ethyl adjacent to an activating group) is 1. The molecule has 0 spiro atoms. The van der Waals surface area contributed by atoms with Gasteiger partial charge in [0.2, 0.25) is 0 Å². The fourth-order valence-electron chi connectivity index (χ4n) is 3.41. The zero-order valence-corrected chi connectivity index (χ0v) is 19.4. The van der Waals surface area contributed by atoms with Crippen LogP contribution in [0.5, 0.6) is 11.5 Å². The largest absolute Gasteiger partial charge is 0.492 e. The summed E-state index contributed by atoms with van der Waals surface area (Å²) >= 11 is 1.49. The standard InChI is InChI=1S/C25H27N3O3S/c1-4-30-21-10-7-11-22-24(21)26-25(32-22)28(15-14-27(2)3)23(29)17-31-20-13-12-18-8-5-6-9-19(18)16-20/h5-13,16H,4,14-15,17H2,1-3H3. The Morgan fingerprint density at radius 1 is 0.969 bits per heavy atom. The Labute approximate surface area is 192 Å². The van der Waals surface area contributed by atoms with Crippen LogP contribution in [0.2, 0.25) is 0 Å². The molecule has 4 rings (SSSR count). The zero-order chi connectivity index (χ0) is 22.5. The van der Waals surface area contributed by atoms with Gasteiger partial charge in [0.15, 0.2) is 11.7 Å². The van der Waals surface area contributed by atoms with E-state index in [4.69, 9.17) is 14.5 Å². The van der Waals surface area contributed by atoms with Crippen molar-refractivity contribution < 1.29 is 14.3 Å². The molecule has 0 bridgehead atoms. The molecule has 0 saturated heterocycles. The molecule has 0 fully saturated rings. The van der Waals surface area contributed by atoms with E-state index in [0.717, 1.165) is 33.3 Å². The van der Waals surface area contributed by atoms with Crippen LogP contribution in [-0.2, 0) is 4.79 Å². The lowest BCUT2D eigenvalue weighted by Gasteiger charge is -2.22. The fraction of sp³-hybridized carbons (Fsp3) is 0.280. The van der Waals surface area contributed by atoms with E-state index in [9.17, 15) is 4.79 Å². The van der Waals surface area contributed by atoms with Gasteiger partial charge >= 0.3 is 0 Å². The van der Waals surface area contributed by atoms with E-state index >= 15 is 0 Å². The highest BCUT2D eigenvalue weighted by Gasteiger charge is 2.21. The van der Waals surface area contributed by atoms with Crippen molar-refractivity contribution in [3.8, 4) is 11.5 Å². The number of amides is 1. The topological polar surface area (TPSA) is 54.9 Å². The SMILES string of the molecule is CCOc1cccc2sc(N(CCN(C)C)C(=O)COc3ccc4ccccc4c3)nc12. The van der Waals surface area contributed by atoms with Gasteiger partial charge in [0, 0.05) is 13.1 Å². The van der Waals surface area contributed by atoms with Gasteiger partial charge in [0.1, 0.15) is 17.0 Å². The second-order valence-corrected chi connectivity index (χ2v) is 8.69. The third kappa shape index (κ3) is 5.00. The number of aromatic nitrogens is 1. The predicted molar refractivity (Wildman–Crippen MR) is 131 cm³/mol. The van der Waals surface area contributed by atoms with Gasteiger partial charge in [-0.2, -0.15) is 0 Å². The first kappa shape index (κ1) is 22.0. The number of rotatable bonds is 9. The van der Waals surface area contributed by atoms with Crippen LogP contribution in [0.1, 0.15) is 6.92 Å². The van der Waals surface area contributed by atoms with E-state index in [1.54, 1.807) is 4.90 Å². The Bertz CT molecular complexity index is 1220. The van der Waals surface area contributed by atoms with Gasteiger partial charge in [-0.25, -0.2) is 4.98 Å². The van der Waals surface area contributed by atoms with Gasteiger partial charge in [-0.15, -0.1) is 0 Å². The van der Waals surface area contributed by atoms with Crippen LogP contribution in [0, 0.1) is 0 Å². The molecule has 0 aliphatic heterocycles. The van der Waals surface area contributed by atoms with Gasteiger partial charge in [0.05, 0.1) is 11.3 Å². The summed E-state index contributed by atoms with van der Waals surface area (Å²) in [5.41, 5.74) is 0.785. The normalized spacial score (nSPS) is 11.2. The smallest absolute Gasteiger partial charge is 0.266 e. The molecule has 6 nitrogen and oxygen atoms in total. The van der Waals surface area contributed by atoms with Crippen molar-refractivity contribution >= 4 is 43.4 Å². The van der Waals surface area contributed by atoms with Gasteiger partial charge in [0.25, 0.3) is 5.91 Å². The van der Waals surface area contributed by atoms with E-state index in [1.807, 2.05) is 80.5 Å². The van der Waals surface area contributed by atoms with Crippen LogP contribution in [-0.4, -0.2) is 56.2 Å². The van der Waals surface area contributed by atoms with Crippen LogP contribution in [0.15, 0.2) is 60.7 Å². The minimum Gasteiger partial charge on any atom is -0.492 e. The molecule has 7 heteroatoms. The minimum atomic E-state index is -0.128. The summed E-state index contributed by atoms with van der Waals surface area (Å²) in [6.45, 7) is 3.70. The van der Waals surface area contributed by atoms with Crippen molar-refractivity contribution in [1.29, 1.82) is 0 Å². The second kappa shape index (κ2) is 9.97. The van der Waals surface area contributed by atoms with Crippen molar-refractivity contribution in [3.63, 3.8) is 0 Å². The van der Waals surface area contributed by atoms with Crippen molar-refractivity contribution in [2.75, 3.05) is 45.3 Å². The Balaban J connectivity index is 1.55. The Hall–Kier alpha value is -3.16. The summed E-state index contributed by atoms with van der Waals surface area (Å²) in [4.78, 5) is 21.7. The van der Waals surface area contributed by atoms with Crippen LogP contribution in [0.25, 0.3) is 21.0 Å². The quantitative estimate of drug-likeness (QED) is 0.367. The van der Waals surface area contributed by atoms with Crippen LogP contribution >= 0.6 is 11.3 Å². The lowest BCUT2D eigenvalue weighted by molar-refractivity contribution is -0.120. The van der Waals surface area contributed by atoms with Gasteiger partial charge in [-0.1, -0.05) is 47.7 Å². The highest BCUT2D eigenvalue weighted by atomic mass is 32.1. The number of thiazole rings is 1. The Morgan fingerprint density at radius 3 is 2.56 bits per heavy atom. The molecule has 1 aromatic heterocycles. The van der Waals surface area contributed by atoms with Crippen LogP contribution < -0.4 is 14.4 Å². The fourth-order valence-corrected chi connectivity index (χ4v) is 4.43. The van der Waals surface area contributed by atoms with Crippen molar-refractivity contribution in [1.82, 2.24) is 9.88 Å². The van der Waals surface area contributed by atoms with Gasteiger partial charge < -0.3 is 14.4 Å². The number of nitrogens with zero attached hydrogens (tertiary/aromatic N) is 3. The number of fused-ring (bicyclic) bond motifs is 2. The Kier molecular flexibility index (Phi) is 6.87. The maximum absolute atomic E-state index is 13.2. The van der Waals surface area contributed by atoms with Crippen molar-refractivity contribution in [3.05, 3.63) is 60.7 Å². The number of carbonyl (C=O) groups is 1. The predicted octanol–water partition coefficient (Wildman–Crippen LogP) is 4.82. The number of benzene rings is 3. The molecule has 0 aliphatic carbocycles. The van der Waals surface area contributed by atoms with E-state index in [0.29, 0.717) is 24.0 Å². The molecular formula is C25H27N3O3S. The molecule has 0 N–H and O–H groups in total. The number of ether oxygens (including phenoxy) is 2. The monoisotopic (exact) mass is 449 g/mol. The lowest BCUT2D eigenvalue weighted by Crippen LogP contribution is -2.39. The molecule has 4 aromatic rings. The molecule has 0 saturated carbocycles. The molecule has 0 radical (unpaired) electrons. The maximum Gasteiger partial charge on any atom is 0.266 e. The zero-order valence-electron chi connectivity index (χ0n) is 18.6. The van der Waals surface area contributed by atoms with Crippen LogP contribution in [0.3, 0.4) is 0 Å². The second-order valence-electron chi connectivity index (χ2n) is 7.68. The molecule has 1 heterocycles. The van der Waals surface area contributed by atoms with E-state index in [2.05, 4.69) is 6.07 Å². The van der Waals surface area contributed by atoms with E-state index in [-0.39, 0.29) is 12.5 Å². The molecule has 0 aliphatic rings. The number of hydrogen-bond acceptors (Lipinski definition) is 6. The molecule has 0 unspecified atom stereocenters. The molecule has 1 amide bonds. The van der Waals surface area contributed by atoms with E-state index < -0.39 is 0 Å². The number of anilines is 1. The average molecular weight is 450 g/mol. The van der Waals surface area contributed by atoms with Crippen molar-refractivity contribution in [2.24, 2.45) is 0 Å². The molecule has 3 aromatic carbocycles. The third-order valence-electron chi connectivity index (χ3n) is 5.06. The summed E-state index contributed by atoms with van der Waals surface area (Å²) in [5.74, 6) is 1.28. The molecule has 166 valence electrons. The number of hydrogen-bond donors (Lipinski definition) is 0. The molecular weight excluding hydrogens is 422 g/mol. The summed E-state index contributed by atoms with van der Waals surface area (Å²) < 4.78 is 12.6. The summed E-state index contributed by atoms with van der Waals surface area (Å²) in [6.07, 6.45) is 0. The summed E-state index contributed by atoms with van der Waals surface area (Å²) in [5, 5.41) is 2.87.